The van der Waals surface area contributed by atoms with Gasteiger partial charge in [0.1, 0.15) is 9.34 Å². The van der Waals surface area contributed by atoms with Gasteiger partial charge in [0.2, 0.25) is 0 Å². The minimum Gasteiger partial charge on any atom is -0.476 e. The van der Waals surface area contributed by atoms with Gasteiger partial charge in [-0.15, -0.1) is 11.3 Å². The SMILES string of the molecule is O=C(O)c1ccn(C2CCCN(Cc3ncc(Cl)s3)C2)n1. The van der Waals surface area contributed by atoms with Crippen LogP contribution in [0.25, 0.3) is 0 Å². The number of carbonyl (C=O) groups is 1. The summed E-state index contributed by atoms with van der Waals surface area (Å²) in [5.74, 6) is -0.987. The van der Waals surface area contributed by atoms with Gasteiger partial charge in [0, 0.05) is 12.7 Å². The Bertz CT molecular complexity index is 642. The van der Waals surface area contributed by atoms with E-state index in [1.165, 1.54) is 11.3 Å². The summed E-state index contributed by atoms with van der Waals surface area (Å²) in [5.41, 5.74) is 0.0961. The Labute approximate surface area is 131 Å². The van der Waals surface area contributed by atoms with Crippen molar-refractivity contribution in [2.75, 3.05) is 13.1 Å². The topological polar surface area (TPSA) is 71.2 Å². The first-order valence-electron chi connectivity index (χ1n) is 6.73. The average molecular weight is 327 g/mol. The molecule has 2 aromatic rings. The molecule has 6 nitrogen and oxygen atoms in total. The monoisotopic (exact) mass is 326 g/mol. The van der Waals surface area contributed by atoms with Crippen LogP contribution >= 0.6 is 22.9 Å². The molecule has 0 saturated carbocycles. The molecule has 1 aliphatic rings. The first-order chi connectivity index (χ1) is 10.1. The van der Waals surface area contributed by atoms with Crippen molar-refractivity contribution in [1.29, 1.82) is 0 Å². The average Bonchev–Trinajstić information content (AvgIpc) is 3.08. The van der Waals surface area contributed by atoms with Gasteiger partial charge >= 0.3 is 5.97 Å². The number of piperidine rings is 1. The number of hydrogen-bond donors (Lipinski definition) is 1. The van der Waals surface area contributed by atoms with E-state index in [4.69, 9.17) is 16.7 Å². The quantitative estimate of drug-likeness (QED) is 0.934. The molecule has 8 heteroatoms. The molecular weight excluding hydrogens is 312 g/mol. The van der Waals surface area contributed by atoms with Crippen molar-refractivity contribution in [1.82, 2.24) is 19.7 Å². The lowest BCUT2D eigenvalue weighted by Gasteiger charge is -2.32. The van der Waals surface area contributed by atoms with Crippen LogP contribution < -0.4 is 0 Å². The number of rotatable bonds is 4. The van der Waals surface area contributed by atoms with Crippen molar-refractivity contribution in [3.8, 4) is 0 Å². The van der Waals surface area contributed by atoms with Crippen LogP contribution in [0.2, 0.25) is 4.34 Å². The van der Waals surface area contributed by atoms with Gasteiger partial charge < -0.3 is 5.11 Å². The van der Waals surface area contributed by atoms with Crippen molar-refractivity contribution in [2.45, 2.75) is 25.4 Å². The Morgan fingerprint density at radius 2 is 2.43 bits per heavy atom. The number of halogens is 1. The van der Waals surface area contributed by atoms with Crippen LogP contribution in [0.15, 0.2) is 18.5 Å². The molecule has 0 amide bonds. The summed E-state index contributed by atoms with van der Waals surface area (Å²) in [6.07, 6.45) is 5.50. The van der Waals surface area contributed by atoms with E-state index in [0.717, 1.165) is 37.5 Å². The molecule has 0 spiro atoms. The predicted octanol–water partition coefficient (Wildman–Crippen LogP) is 2.53. The molecule has 3 rings (SSSR count). The van der Waals surface area contributed by atoms with E-state index in [1.54, 1.807) is 23.1 Å². The second-order valence-electron chi connectivity index (χ2n) is 5.08. The lowest BCUT2D eigenvalue weighted by atomic mass is 10.1. The van der Waals surface area contributed by atoms with E-state index < -0.39 is 5.97 Å². The van der Waals surface area contributed by atoms with Crippen LogP contribution in [0.5, 0.6) is 0 Å². The molecule has 0 aliphatic carbocycles. The van der Waals surface area contributed by atoms with Gasteiger partial charge in [0.15, 0.2) is 5.69 Å². The highest BCUT2D eigenvalue weighted by atomic mass is 35.5. The van der Waals surface area contributed by atoms with E-state index in [1.807, 2.05) is 0 Å². The lowest BCUT2D eigenvalue weighted by molar-refractivity contribution is 0.0688. The van der Waals surface area contributed by atoms with E-state index >= 15 is 0 Å². The zero-order valence-corrected chi connectivity index (χ0v) is 12.8. The van der Waals surface area contributed by atoms with Crippen molar-refractivity contribution in [3.63, 3.8) is 0 Å². The maximum absolute atomic E-state index is 10.9. The Morgan fingerprint density at radius 3 is 3.10 bits per heavy atom. The minimum atomic E-state index is -0.987. The van der Waals surface area contributed by atoms with Crippen LogP contribution in [-0.4, -0.2) is 43.8 Å². The van der Waals surface area contributed by atoms with Crippen molar-refractivity contribution in [3.05, 3.63) is 33.5 Å². The van der Waals surface area contributed by atoms with Crippen molar-refractivity contribution < 1.29 is 9.90 Å². The molecule has 112 valence electrons. The fourth-order valence-electron chi connectivity index (χ4n) is 2.60. The first kappa shape index (κ1) is 14.5. The highest BCUT2D eigenvalue weighted by Crippen LogP contribution is 2.25. The van der Waals surface area contributed by atoms with Gasteiger partial charge in [0.25, 0.3) is 0 Å². The van der Waals surface area contributed by atoms with Crippen LogP contribution in [0, 0.1) is 0 Å². The third-order valence-corrected chi connectivity index (χ3v) is 4.67. The second kappa shape index (κ2) is 6.13. The summed E-state index contributed by atoms with van der Waals surface area (Å²) in [7, 11) is 0. The standard InChI is InChI=1S/C13H15ClN4O2S/c14-11-6-15-12(21-11)8-17-4-1-2-9(7-17)18-5-3-10(16-18)13(19)20/h3,5-6,9H,1-2,4,7-8H2,(H,19,20). The van der Waals surface area contributed by atoms with Crippen LogP contribution in [-0.2, 0) is 6.54 Å². The molecular formula is C13H15ClN4O2S. The maximum atomic E-state index is 10.9. The summed E-state index contributed by atoms with van der Waals surface area (Å²) in [5, 5.41) is 14.1. The normalized spacial score (nSPS) is 19.8. The fourth-order valence-corrected chi connectivity index (χ4v) is 3.60. The van der Waals surface area contributed by atoms with Gasteiger partial charge in [0.05, 0.1) is 18.8 Å². The summed E-state index contributed by atoms with van der Waals surface area (Å²) in [6, 6.07) is 1.75. The van der Waals surface area contributed by atoms with Crippen LogP contribution in [0.4, 0.5) is 0 Å². The molecule has 3 heterocycles. The number of nitrogens with zero attached hydrogens (tertiary/aromatic N) is 4. The highest BCUT2D eigenvalue weighted by molar-refractivity contribution is 7.15. The summed E-state index contributed by atoms with van der Waals surface area (Å²) in [4.78, 5) is 17.5. The number of hydrogen-bond acceptors (Lipinski definition) is 5. The zero-order valence-electron chi connectivity index (χ0n) is 11.3. The molecule has 21 heavy (non-hydrogen) atoms. The molecule has 0 bridgehead atoms. The highest BCUT2D eigenvalue weighted by Gasteiger charge is 2.23. The zero-order chi connectivity index (χ0) is 14.8. The smallest absolute Gasteiger partial charge is 0.356 e. The number of carboxylic acid groups (broad SMARTS) is 1. The largest absolute Gasteiger partial charge is 0.476 e. The molecule has 1 atom stereocenters. The van der Waals surface area contributed by atoms with Gasteiger partial charge in [-0.05, 0) is 25.5 Å². The number of thiazole rings is 1. The number of likely N-dealkylation sites (tertiary alicyclic amines) is 1. The predicted molar refractivity (Wildman–Crippen MR) is 79.9 cm³/mol. The van der Waals surface area contributed by atoms with E-state index in [-0.39, 0.29) is 11.7 Å². The van der Waals surface area contributed by atoms with E-state index in [9.17, 15) is 4.79 Å². The van der Waals surface area contributed by atoms with E-state index in [2.05, 4.69) is 15.0 Å². The first-order valence-corrected chi connectivity index (χ1v) is 7.92. The summed E-state index contributed by atoms with van der Waals surface area (Å²) in [6.45, 7) is 2.64. The number of aromatic carboxylic acids is 1. The Balaban J connectivity index is 1.66. The second-order valence-corrected chi connectivity index (χ2v) is 6.82. The van der Waals surface area contributed by atoms with Crippen LogP contribution in [0.1, 0.15) is 34.4 Å². The van der Waals surface area contributed by atoms with Gasteiger partial charge in [-0.25, -0.2) is 9.78 Å². The van der Waals surface area contributed by atoms with Gasteiger partial charge in [-0.1, -0.05) is 11.6 Å². The number of carboxylic acids is 1. The Morgan fingerprint density at radius 1 is 1.57 bits per heavy atom. The van der Waals surface area contributed by atoms with E-state index in [0.29, 0.717) is 4.34 Å². The third-order valence-electron chi connectivity index (χ3n) is 3.57. The molecule has 1 aliphatic heterocycles. The molecule has 1 fully saturated rings. The fraction of sp³-hybridized carbons (Fsp3) is 0.462. The molecule has 1 saturated heterocycles. The molecule has 1 unspecified atom stereocenters. The molecule has 2 aromatic heterocycles. The molecule has 0 aromatic carbocycles. The summed E-state index contributed by atoms with van der Waals surface area (Å²) >= 11 is 7.40. The third kappa shape index (κ3) is 3.42. The summed E-state index contributed by atoms with van der Waals surface area (Å²) < 4.78 is 2.47. The minimum absolute atomic E-state index is 0.0961. The number of aromatic nitrogens is 3. The van der Waals surface area contributed by atoms with Gasteiger partial charge in [-0.3, -0.25) is 9.58 Å². The Kier molecular flexibility index (Phi) is 4.23. The van der Waals surface area contributed by atoms with Gasteiger partial charge in [-0.2, -0.15) is 5.10 Å². The Hall–Kier alpha value is -1.44. The van der Waals surface area contributed by atoms with Crippen LogP contribution in [0.3, 0.4) is 0 Å². The molecule has 1 N–H and O–H groups in total. The van der Waals surface area contributed by atoms with Crippen molar-refractivity contribution in [2.24, 2.45) is 0 Å². The van der Waals surface area contributed by atoms with Crippen molar-refractivity contribution >= 4 is 28.9 Å². The maximum Gasteiger partial charge on any atom is 0.356 e. The molecule has 0 radical (unpaired) electrons. The lowest BCUT2D eigenvalue weighted by Crippen LogP contribution is -2.36.